The monoisotopic (exact) mass is 502 g/mol. The maximum Gasteiger partial charge on any atom is 0.175 e. The van der Waals surface area contributed by atoms with E-state index in [-0.39, 0.29) is 10.5 Å². The third-order valence-electron chi connectivity index (χ3n) is 5.44. The van der Waals surface area contributed by atoms with E-state index in [9.17, 15) is 22.5 Å². The van der Waals surface area contributed by atoms with Crippen LogP contribution in [0.15, 0.2) is 84.1 Å². The minimum atomic E-state index is -3.38. The van der Waals surface area contributed by atoms with Gasteiger partial charge in [0.2, 0.25) is 0 Å². The molecule has 2 heterocycles. The summed E-state index contributed by atoms with van der Waals surface area (Å²) in [6.07, 6.45) is 5.79. The Hall–Kier alpha value is -4.62. The molecule has 0 atom stereocenters. The SMILES string of the molecule is CS(=O)(=O)c1ccc2cn(-c3ccc(Oc4cncc(-c5ccc(F)c(F)c5)c4)cc3C#N)nc2c1. The molecule has 7 nitrogen and oxygen atoms in total. The first kappa shape index (κ1) is 23.1. The highest BCUT2D eigenvalue weighted by Crippen LogP contribution is 2.29. The lowest BCUT2D eigenvalue weighted by Crippen LogP contribution is -1.99. The van der Waals surface area contributed by atoms with Crippen LogP contribution < -0.4 is 4.74 Å². The lowest BCUT2D eigenvalue weighted by Gasteiger charge is -2.10. The van der Waals surface area contributed by atoms with Crippen LogP contribution >= 0.6 is 0 Å². The zero-order chi connectivity index (χ0) is 25.4. The molecule has 0 amide bonds. The summed E-state index contributed by atoms with van der Waals surface area (Å²) in [4.78, 5) is 4.26. The Morgan fingerprint density at radius 1 is 0.917 bits per heavy atom. The van der Waals surface area contributed by atoms with Gasteiger partial charge in [0.1, 0.15) is 17.6 Å². The zero-order valence-electron chi connectivity index (χ0n) is 18.7. The topological polar surface area (TPSA) is 97.9 Å². The summed E-state index contributed by atoms with van der Waals surface area (Å²) < 4.78 is 57.9. The molecule has 0 spiro atoms. The van der Waals surface area contributed by atoms with Gasteiger partial charge in [-0.2, -0.15) is 10.4 Å². The largest absolute Gasteiger partial charge is 0.456 e. The Morgan fingerprint density at radius 2 is 1.75 bits per heavy atom. The van der Waals surface area contributed by atoms with E-state index < -0.39 is 21.5 Å². The summed E-state index contributed by atoms with van der Waals surface area (Å²) in [5.74, 6) is -1.21. The first-order valence-corrected chi connectivity index (χ1v) is 12.4. The van der Waals surface area contributed by atoms with Crippen LogP contribution in [0, 0.1) is 23.0 Å². The van der Waals surface area contributed by atoms with Gasteiger partial charge in [-0.25, -0.2) is 21.9 Å². The number of hydrogen-bond acceptors (Lipinski definition) is 6. The lowest BCUT2D eigenvalue weighted by molar-refractivity contribution is 0.480. The van der Waals surface area contributed by atoms with Crippen LogP contribution in [-0.4, -0.2) is 29.4 Å². The molecule has 5 aromatic rings. The van der Waals surface area contributed by atoms with Crippen LogP contribution in [0.3, 0.4) is 0 Å². The number of benzene rings is 3. The number of fused-ring (bicyclic) bond motifs is 1. The minimum Gasteiger partial charge on any atom is -0.456 e. The standard InChI is InChI=1S/C26H16F2N4O3S/c1-36(33,34)22-5-2-17-15-32(31-25(17)11-22)26-7-4-20(8-18(26)12-29)35-21-9-19(13-30-14-21)16-3-6-23(27)24(28)10-16/h2-11,13-15H,1H3. The summed E-state index contributed by atoms with van der Waals surface area (Å²) in [6.45, 7) is 0. The number of hydrogen-bond donors (Lipinski definition) is 0. The fourth-order valence-electron chi connectivity index (χ4n) is 3.66. The average molecular weight is 503 g/mol. The molecular weight excluding hydrogens is 486 g/mol. The number of aromatic nitrogens is 3. The van der Waals surface area contributed by atoms with Crippen molar-refractivity contribution in [1.29, 1.82) is 5.26 Å². The molecule has 0 saturated carbocycles. The molecular formula is C26H16F2N4O3S. The van der Waals surface area contributed by atoms with Gasteiger partial charge in [-0.3, -0.25) is 4.98 Å². The quantitative estimate of drug-likeness (QED) is 0.318. The van der Waals surface area contributed by atoms with E-state index in [2.05, 4.69) is 16.2 Å². The Kier molecular flexibility index (Phi) is 5.70. The molecule has 0 aliphatic heterocycles. The maximum absolute atomic E-state index is 13.6. The van der Waals surface area contributed by atoms with Crippen molar-refractivity contribution < 1.29 is 21.9 Å². The highest BCUT2D eigenvalue weighted by atomic mass is 32.2. The second-order valence-electron chi connectivity index (χ2n) is 8.00. The molecule has 10 heteroatoms. The number of pyridine rings is 1. The van der Waals surface area contributed by atoms with Crippen molar-refractivity contribution in [3.05, 3.63) is 96.5 Å². The highest BCUT2D eigenvalue weighted by Gasteiger charge is 2.13. The van der Waals surface area contributed by atoms with E-state index in [1.807, 2.05) is 0 Å². The molecule has 2 aromatic heterocycles. The lowest BCUT2D eigenvalue weighted by atomic mass is 10.1. The van der Waals surface area contributed by atoms with E-state index in [0.29, 0.717) is 39.2 Å². The molecule has 0 saturated heterocycles. The molecule has 5 rings (SSSR count). The van der Waals surface area contributed by atoms with Crippen LogP contribution in [0.5, 0.6) is 11.5 Å². The number of nitrogens with zero attached hydrogens (tertiary/aromatic N) is 4. The van der Waals surface area contributed by atoms with E-state index in [1.54, 1.807) is 30.5 Å². The Morgan fingerprint density at radius 3 is 2.50 bits per heavy atom. The number of sulfone groups is 1. The van der Waals surface area contributed by atoms with Crippen LogP contribution in [0.4, 0.5) is 8.78 Å². The molecule has 0 aliphatic rings. The summed E-state index contributed by atoms with van der Waals surface area (Å²) in [7, 11) is -3.38. The van der Waals surface area contributed by atoms with Crippen LogP contribution in [0.25, 0.3) is 27.7 Å². The molecule has 0 unspecified atom stereocenters. The Balaban J connectivity index is 1.45. The van der Waals surface area contributed by atoms with Crippen molar-refractivity contribution in [3.8, 4) is 34.4 Å². The van der Waals surface area contributed by atoms with Crippen molar-refractivity contribution >= 4 is 20.7 Å². The maximum atomic E-state index is 13.6. The zero-order valence-corrected chi connectivity index (χ0v) is 19.5. The first-order chi connectivity index (χ1) is 17.2. The molecule has 0 fully saturated rings. The summed E-state index contributed by atoms with van der Waals surface area (Å²) in [5.41, 5.74) is 2.19. The van der Waals surface area contributed by atoms with Gasteiger partial charge in [-0.05, 0) is 54.1 Å². The number of nitriles is 1. The second kappa shape index (κ2) is 8.87. The average Bonchev–Trinajstić information content (AvgIpc) is 3.28. The first-order valence-electron chi connectivity index (χ1n) is 10.5. The third-order valence-corrected chi connectivity index (χ3v) is 6.55. The Labute approximate surface area is 204 Å². The van der Waals surface area contributed by atoms with Gasteiger partial charge in [0.25, 0.3) is 0 Å². The van der Waals surface area contributed by atoms with Gasteiger partial charge < -0.3 is 4.74 Å². The predicted octanol–water partition coefficient (Wildman–Crippen LogP) is 5.43. The van der Waals surface area contributed by atoms with Gasteiger partial charge in [0.15, 0.2) is 21.5 Å². The molecule has 0 aliphatic carbocycles. The molecule has 3 aromatic carbocycles. The van der Waals surface area contributed by atoms with Crippen molar-refractivity contribution in [2.24, 2.45) is 0 Å². The van der Waals surface area contributed by atoms with Crippen molar-refractivity contribution in [3.63, 3.8) is 0 Å². The second-order valence-corrected chi connectivity index (χ2v) is 10.0. The van der Waals surface area contributed by atoms with E-state index in [0.717, 1.165) is 18.4 Å². The molecule has 36 heavy (non-hydrogen) atoms. The summed E-state index contributed by atoms with van der Waals surface area (Å²) in [6, 6.07) is 16.8. The molecule has 0 radical (unpaired) electrons. The van der Waals surface area contributed by atoms with Crippen LogP contribution in [-0.2, 0) is 9.84 Å². The van der Waals surface area contributed by atoms with Gasteiger partial charge in [0, 0.05) is 35.7 Å². The van der Waals surface area contributed by atoms with Crippen LogP contribution in [0.2, 0.25) is 0 Å². The van der Waals surface area contributed by atoms with E-state index in [4.69, 9.17) is 4.74 Å². The number of rotatable bonds is 5. The van der Waals surface area contributed by atoms with Gasteiger partial charge in [-0.1, -0.05) is 6.07 Å². The molecule has 0 N–H and O–H groups in total. The van der Waals surface area contributed by atoms with Gasteiger partial charge >= 0.3 is 0 Å². The predicted molar refractivity (Wildman–Crippen MR) is 129 cm³/mol. The Bertz CT molecular complexity index is 1790. The molecule has 0 bridgehead atoms. The minimum absolute atomic E-state index is 0.156. The van der Waals surface area contributed by atoms with Crippen molar-refractivity contribution in [1.82, 2.24) is 14.8 Å². The van der Waals surface area contributed by atoms with E-state index >= 15 is 0 Å². The van der Waals surface area contributed by atoms with E-state index in [1.165, 1.54) is 41.3 Å². The van der Waals surface area contributed by atoms with Crippen LogP contribution in [0.1, 0.15) is 5.56 Å². The fourth-order valence-corrected chi connectivity index (χ4v) is 4.30. The normalized spacial score (nSPS) is 11.4. The fraction of sp³-hybridized carbons (Fsp3) is 0.0385. The number of ether oxygens (including phenoxy) is 1. The summed E-state index contributed by atoms with van der Waals surface area (Å²) in [5, 5.41) is 14.9. The molecule has 178 valence electrons. The van der Waals surface area contributed by atoms with Crippen molar-refractivity contribution in [2.45, 2.75) is 4.90 Å². The third kappa shape index (κ3) is 4.52. The summed E-state index contributed by atoms with van der Waals surface area (Å²) >= 11 is 0. The van der Waals surface area contributed by atoms with Gasteiger partial charge in [-0.15, -0.1) is 0 Å². The smallest absolute Gasteiger partial charge is 0.175 e. The van der Waals surface area contributed by atoms with Gasteiger partial charge in [0.05, 0.1) is 27.9 Å². The number of halogens is 2. The highest BCUT2D eigenvalue weighted by molar-refractivity contribution is 7.90. The van der Waals surface area contributed by atoms with Crippen molar-refractivity contribution in [2.75, 3.05) is 6.26 Å².